The highest BCUT2D eigenvalue weighted by atomic mass is 19.1. The molecule has 0 radical (unpaired) electrons. The van der Waals surface area contributed by atoms with Crippen LogP contribution in [0.3, 0.4) is 0 Å². The van der Waals surface area contributed by atoms with Gasteiger partial charge in [-0.15, -0.1) is 0 Å². The molecule has 16 heavy (non-hydrogen) atoms. The molecule has 1 rings (SSSR count). The van der Waals surface area contributed by atoms with Crippen molar-refractivity contribution >= 4 is 0 Å². The lowest BCUT2D eigenvalue weighted by atomic mass is 10.1. The fraction of sp³-hybridized carbons (Fsp3) is 0.538. The smallest absolute Gasteiger partial charge is 0.126 e. The Morgan fingerprint density at radius 3 is 2.81 bits per heavy atom. The highest BCUT2D eigenvalue weighted by Crippen LogP contribution is 2.15. The van der Waals surface area contributed by atoms with Crippen LogP contribution in [0.2, 0.25) is 0 Å². The molecule has 0 saturated heterocycles. The van der Waals surface area contributed by atoms with Gasteiger partial charge in [0.2, 0.25) is 0 Å². The molecule has 0 bridgehead atoms. The third-order valence-corrected chi connectivity index (χ3v) is 2.61. The van der Waals surface area contributed by atoms with E-state index in [4.69, 9.17) is 0 Å². The number of aliphatic hydroxyl groups excluding tert-OH is 1. The molecule has 2 N–H and O–H groups in total. The van der Waals surface area contributed by atoms with Crippen LogP contribution < -0.4 is 5.32 Å². The molecular formula is C13H20FNO. The van der Waals surface area contributed by atoms with E-state index in [0.29, 0.717) is 12.1 Å². The first kappa shape index (κ1) is 13.1. The Balaban J connectivity index is 2.46. The van der Waals surface area contributed by atoms with Gasteiger partial charge >= 0.3 is 0 Å². The normalized spacial score (nSPS) is 12.8. The zero-order chi connectivity index (χ0) is 12.0. The minimum Gasteiger partial charge on any atom is -0.387 e. The quantitative estimate of drug-likeness (QED) is 0.729. The van der Waals surface area contributed by atoms with E-state index in [-0.39, 0.29) is 5.82 Å². The summed E-state index contributed by atoms with van der Waals surface area (Å²) in [4.78, 5) is 0. The molecule has 0 heterocycles. The van der Waals surface area contributed by atoms with Gasteiger partial charge in [-0.05, 0) is 37.1 Å². The molecule has 0 aliphatic heterocycles. The molecule has 0 fully saturated rings. The second-order valence-electron chi connectivity index (χ2n) is 4.08. The molecule has 3 heteroatoms. The molecule has 0 amide bonds. The van der Waals surface area contributed by atoms with Crippen molar-refractivity contribution in [2.24, 2.45) is 0 Å². The molecule has 2 nitrogen and oxygen atoms in total. The van der Waals surface area contributed by atoms with Crippen molar-refractivity contribution in [3.8, 4) is 0 Å². The van der Waals surface area contributed by atoms with E-state index in [9.17, 15) is 9.50 Å². The molecule has 0 aliphatic carbocycles. The monoisotopic (exact) mass is 225 g/mol. The highest BCUT2D eigenvalue weighted by molar-refractivity contribution is 5.25. The van der Waals surface area contributed by atoms with E-state index in [1.165, 1.54) is 6.07 Å². The second-order valence-corrected chi connectivity index (χ2v) is 4.08. The predicted molar refractivity (Wildman–Crippen MR) is 63.9 cm³/mol. The molecule has 1 aromatic rings. The van der Waals surface area contributed by atoms with Crippen molar-refractivity contribution in [3.63, 3.8) is 0 Å². The summed E-state index contributed by atoms with van der Waals surface area (Å²) in [5.74, 6) is -0.227. The average molecular weight is 225 g/mol. The third kappa shape index (κ3) is 3.91. The van der Waals surface area contributed by atoms with Crippen LogP contribution in [0.5, 0.6) is 0 Å². The van der Waals surface area contributed by atoms with E-state index in [2.05, 4.69) is 12.2 Å². The van der Waals surface area contributed by atoms with Gasteiger partial charge in [0.25, 0.3) is 0 Å². The van der Waals surface area contributed by atoms with Gasteiger partial charge in [-0.2, -0.15) is 0 Å². The molecule has 0 saturated carbocycles. The maximum absolute atomic E-state index is 13.0. The van der Waals surface area contributed by atoms with Gasteiger partial charge < -0.3 is 10.4 Å². The first-order chi connectivity index (χ1) is 7.65. The lowest BCUT2D eigenvalue weighted by Gasteiger charge is -2.12. The molecule has 1 aromatic carbocycles. The van der Waals surface area contributed by atoms with Gasteiger partial charge in [-0.3, -0.25) is 0 Å². The number of unbranched alkanes of at least 4 members (excludes halogenated alkanes) is 1. The number of hydrogen-bond acceptors (Lipinski definition) is 2. The number of benzene rings is 1. The number of nitrogens with one attached hydrogen (secondary N) is 1. The number of halogens is 1. The molecule has 0 spiro atoms. The maximum atomic E-state index is 13.0. The third-order valence-electron chi connectivity index (χ3n) is 2.61. The molecular weight excluding hydrogens is 205 g/mol. The van der Waals surface area contributed by atoms with Crippen LogP contribution in [0.1, 0.15) is 37.0 Å². The average Bonchev–Trinajstić information content (AvgIpc) is 2.28. The van der Waals surface area contributed by atoms with Crippen LogP contribution in [0, 0.1) is 12.7 Å². The number of aliphatic hydroxyl groups is 1. The summed E-state index contributed by atoms with van der Waals surface area (Å²) in [5, 5.41) is 13.0. The Kier molecular flexibility index (Phi) is 5.43. The van der Waals surface area contributed by atoms with Crippen molar-refractivity contribution < 1.29 is 9.50 Å². The molecule has 1 atom stereocenters. The largest absolute Gasteiger partial charge is 0.387 e. The lowest BCUT2D eigenvalue weighted by Crippen LogP contribution is -2.22. The van der Waals surface area contributed by atoms with Crippen molar-refractivity contribution in [3.05, 3.63) is 35.1 Å². The highest BCUT2D eigenvalue weighted by Gasteiger charge is 2.08. The minimum atomic E-state index is -0.559. The zero-order valence-electron chi connectivity index (χ0n) is 9.96. The predicted octanol–water partition coefficient (Wildman–Crippen LogP) is 2.56. The second kappa shape index (κ2) is 6.61. The van der Waals surface area contributed by atoms with Gasteiger partial charge in [0, 0.05) is 6.54 Å². The Morgan fingerprint density at radius 2 is 2.19 bits per heavy atom. The SMILES string of the molecule is CCCCNCC(O)c1ccc(F)c(C)c1. The van der Waals surface area contributed by atoms with Gasteiger partial charge in [0.15, 0.2) is 0 Å². The molecule has 1 unspecified atom stereocenters. The maximum Gasteiger partial charge on any atom is 0.126 e. The minimum absolute atomic E-state index is 0.227. The zero-order valence-corrected chi connectivity index (χ0v) is 9.96. The fourth-order valence-corrected chi connectivity index (χ4v) is 1.53. The lowest BCUT2D eigenvalue weighted by molar-refractivity contribution is 0.174. The molecule has 0 aliphatic rings. The first-order valence-corrected chi connectivity index (χ1v) is 5.80. The number of hydrogen-bond donors (Lipinski definition) is 2. The summed E-state index contributed by atoms with van der Waals surface area (Å²) in [6.45, 7) is 5.26. The van der Waals surface area contributed by atoms with E-state index >= 15 is 0 Å². The molecule has 0 aromatic heterocycles. The summed E-state index contributed by atoms with van der Waals surface area (Å²) < 4.78 is 13.0. The van der Waals surface area contributed by atoms with Crippen molar-refractivity contribution in [2.45, 2.75) is 32.8 Å². The molecule has 90 valence electrons. The van der Waals surface area contributed by atoms with Crippen molar-refractivity contribution in [2.75, 3.05) is 13.1 Å². The summed E-state index contributed by atoms with van der Waals surface area (Å²) >= 11 is 0. The standard InChI is InChI=1S/C13H20FNO/c1-3-4-7-15-9-13(16)11-5-6-12(14)10(2)8-11/h5-6,8,13,15-16H,3-4,7,9H2,1-2H3. The summed E-state index contributed by atoms with van der Waals surface area (Å²) in [6.07, 6.45) is 1.68. The summed E-state index contributed by atoms with van der Waals surface area (Å²) in [5.41, 5.74) is 1.34. The van der Waals surface area contributed by atoms with Crippen LogP contribution in [-0.2, 0) is 0 Å². The Hall–Kier alpha value is -0.930. The van der Waals surface area contributed by atoms with Crippen LogP contribution >= 0.6 is 0 Å². The number of rotatable bonds is 6. The Labute approximate surface area is 96.5 Å². The van der Waals surface area contributed by atoms with Crippen LogP contribution in [0.4, 0.5) is 4.39 Å². The van der Waals surface area contributed by atoms with Gasteiger partial charge in [0.1, 0.15) is 5.82 Å². The fourth-order valence-electron chi connectivity index (χ4n) is 1.53. The van der Waals surface area contributed by atoms with Crippen LogP contribution in [0.15, 0.2) is 18.2 Å². The van der Waals surface area contributed by atoms with Crippen molar-refractivity contribution in [1.29, 1.82) is 0 Å². The topological polar surface area (TPSA) is 32.3 Å². The Morgan fingerprint density at radius 1 is 1.44 bits per heavy atom. The van der Waals surface area contributed by atoms with E-state index in [0.717, 1.165) is 24.9 Å². The van der Waals surface area contributed by atoms with Crippen LogP contribution in [0.25, 0.3) is 0 Å². The Bertz CT molecular complexity index is 328. The summed E-state index contributed by atoms with van der Waals surface area (Å²) in [7, 11) is 0. The van der Waals surface area contributed by atoms with E-state index in [1.807, 2.05) is 0 Å². The van der Waals surface area contributed by atoms with Crippen LogP contribution in [-0.4, -0.2) is 18.2 Å². The van der Waals surface area contributed by atoms with Gasteiger partial charge in [-0.25, -0.2) is 4.39 Å². The van der Waals surface area contributed by atoms with E-state index < -0.39 is 6.10 Å². The first-order valence-electron chi connectivity index (χ1n) is 5.80. The van der Waals surface area contributed by atoms with Gasteiger partial charge in [0.05, 0.1) is 6.10 Å². The van der Waals surface area contributed by atoms with E-state index in [1.54, 1.807) is 19.1 Å². The summed E-state index contributed by atoms with van der Waals surface area (Å²) in [6, 6.07) is 4.73. The number of aryl methyl sites for hydroxylation is 1. The van der Waals surface area contributed by atoms with Crippen molar-refractivity contribution in [1.82, 2.24) is 5.32 Å². The van der Waals surface area contributed by atoms with Gasteiger partial charge in [-0.1, -0.05) is 25.5 Å².